The highest BCUT2D eigenvalue weighted by atomic mass is 32.1. The summed E-state index contributed by atoms with van der Waals surface area (Å²) in [4.78, 5) is 21.6. The lowest BCUT2D eigenvalue weighted by molar-refractivity contribution is -0.139. The average molecular weight is 371 g/mol. The molecule has 25 heavy (non-hydrogen) atoms. The van der Waals surface area contributed by atoms with Crippen LogP contribution in [0.5, 0.6) is 5.88 Å². The number of rotatable bonds is 4. The fourth-order valence-corrected chi connectivity index (χ4v) is 3.23. The van der Waals surface area contributed by atoms with Crippen molar-refractivity contribution in [2.45, 2.75) is 19.0 Å². The van der Waals surface area contributed by atoms with Gasteiger partial charge in [0.05, 0.1) is 12.1 Å². The molecule has 0 radical (unpaired) electrons. The number of carbonyl (C=O) groups is 1. The van der Waals surface area contributed by atoms with E-state index in [1.807, 2.05) is 0 Å². The van der Waals surface area contributed by atoms with Gasteiger partial charge in [0.15, 0.2) is 0 Å². The summed E-state index contributed by atoms with van der Waals surface area (Å²) < 4.78 is 44.1. The van der Waals surface area contributed by atoms with Crippen LogP contribution in [-0.2, 0) is 6.18 Å². The lowest BCUT2D eigenvalue weighted by Crippen LogP contribution is -2.39. The van der Waals surface area contributed by atoms with Crippen molar-refractivity contribution in [3.63, 3.8) is 0 Å². The smallest absolute Gasteiger partial charge is 0.421 e. The number of likely N-dealkylation sites (tertiary alicyclic amines) is 1. The first-order valence-corrected chi connectivity index (χ1v) is 8.72. The molecular weight excluding hydrogens is 355 g/mol. The maximum absolute atomic E-state index is 12.9. The van der Waals surface area contributed by atoms with Gasteiger partial charge in [0.25, 0.3) is 5.91 Å². The summed E-state index contributed by atoms with van der Waals surface area (Å²) in [6.45, 7) is 1.23. The van der Waals surface area contributed by atoms with Crippen LogP contribution in [0.25, 0.3) is 0 Å². The molecule has 0 N–H and O–H groups in total. The molecule has 1 saturated heterocycles. The van der Waals surface area contributed by atoms with Crippen molar-refractivity contribution in [3.05, 3.63) is 40.5 Å². The minimum atomic E-state index is -4.49. The van der Waals surface area contributed by atoms with Crippen molar-refractivity contribution in [1.82, 2.24) is 14.9 Å². The van der Waals surface area contributed by atoms with Gasteiger partial charge in [0, 0.05) is 24.7 Å². The molecular formula is C16H16F3N3O2S. The number of pyridine rings is 1. The fourth-order valence-electron chi connectivity index (χ4n) is 2.70. The molecule has 3 heterocycles. The fraction of sp³-hybridized carbons (Fsp3) is 0.438. The molecule has 0 saturated carbocycles. The van der Waals surface area contributed by atoms with Gasteiger partial charge in [-0.1, -0.05) is 0 Å². The van der Waals surface area contributed by atoms with E-state index in [2.05, 4.69) is 9.97 Å². The van der Waals surface area contributed by atoms with Crippen LogP contribution < -0.4 is 4.74 Å². The number of hydrogen-bond donors (Lipinski definition) is 0. The minimum Gasteiger partial charge on any atom is -0.477 e. The van der Waals surface area contributed by atoms with E-state index >= 15 is 0 Å². The van der Waals surface area contributed by atoms with Crippen molar-refractivity contribution in [2.75, 3.05) is 19.7 Å². The quantitative estimate of drug-likeness (QED) is 0.826. The first-order valence-electron chi connectivity index (χ1n) is 7.77. The van der Waals surface area contributed by atoms with E-state index in [0.29, 0.717) is 31.6 Å². The number of ether oxygens (including phenoxy) is 1. The van der Waals surface area contributed by atoms with E-state index in [1.54, 1.807) is 15.8 Å². The van der Waals surface area contributed by atoms with Crippen molar-refractivity contribution < 1.29 is 22.7 Å². The Morgan fingerprint density at radius 2 is 2.08 bits per heavy atom. The summed E-state index contributed by atoms with van der Waals surface area (Å²) in [5.41, 5.74) is 1.17. The lowest BCUT2D eigenvalue weighted by atomic mass is 9.97. The van der Waals surface area contributed by atoms with Crippen LogP contribution in [0.15, 0.2) is 29.2 Å². The molecule has 134 valence electrons. The van der Waals surface area contributed by atoms with E-state index in [4.69, 9.17) is 4.74 Å². The third-order valence-corrected chi connectivity index (χ3v) is 4.67. The Morgan fingerprint density at radius 1 is 1.32 bits per heavy atom. The highest BCUT2D eigenvalue weighted by Gasteiger charge is 2.35. The topological polar surface area (TPSA) is 55.3 Å². The van der Waals surface area contributed by atoms with Crippen LogP contribution in [0.1, 0.15) is 28.9 Å². The Labute approximate surface area is 146 Å². The predicted molar refractivity (Wildman–Crippen MR) is 85.5 cm³/mol. The van der Waals surface area contributed by atoms with Crippen LogP contribution in [-0.4, -0.2) is 40.5 Å². The SMILES string of the molecule is O=C(c1cscn1)N1CCC(COc2ncccc2C(F)(F)F)CC1. The predicted octanol–water partition coefficient (Wildman–Crippen LogP) is 3.49. The molecule has 1 aliphatic heterocycles. The van der Waals surface area contributed by atoms with Crippen LogP contribution in [0.2, 0.25) is 0 Å². The second-order valence-corrected chi connectivity index (χ2v) is 6.49. The third-order valence-electron chi connectivity index (χ3n) is 4.09. The summed E-state index contributed by atoms with van der Waals surface area (Å²) >= 11 is 1.36. The average Bonchev–Trinajstić information content (AvgIpc) is 3.14. The monoisotopic (exact) mass is 371 g/mol. The van der Waals surface area contributed by atoms with Crippen LogP contribution in [0.4, 0.5) is 13.2 Å². The zero-order valence-corrected chi connectivity index (χ0v) is 14.0. The second-order valence-electron chi connectivity index (χ2n) is 5.77. The van der Waals surface area contributed by atoms with Gasteiger partial charge >= 0.3 is 6.18 Å². The first-order chi connectivity index (χ1) is 11.9. The molecule has 0 aliphatic carbocycles. The number of nitrogens with zero attached hydrogens (tertiary/aromatic N) is 3. The van der Waals surface area contributed by atoms with Gasteiger partial charge in [-0.25, -0.2) is 9.97 Å². The highest BCUT2D eigenvalue weighted by molar-refractivity contribution is 7.07. The van der Waals surface area contributed by atoms with E-state index in [9.17, 15) is 18.0 Å². The molecule has 1 fully saturated rings. The second kappa shape index (κ2) is 7.38. The molecule has 2 aromatic heterocycles. The molecule has 0 atom stereocenters. The Balaban J connectivity index is 1.53. The molecule has 1 aliphatic rings. The number of hydrogen-bond acceptors (Lipinski definition) is 5. The Morgan fingerprint density at radius 3 is 2.72 bits per heavy atom. The molecule has 0 bridgehead atoms. The van der Waals surface area contributed by atoms with Gasteiger partial charge in [-0.05, 0) is 30.9 Å². The van der Waals surface area contributed by atoms with E-state index in [0.717, 1.165) is 6.07 Å². The molecule has 3 rings (SSSR count). The lowest BCUT2D eigenvalue weighted by Gasteiger charge is -2.31. The number of carbonyl (C=O) groups excluding carboxylic acids is 1. The summed E-state index contributed by atoms with van der Waals surface area (Å²) in [7, 11) is 0. The zero-order chi connectivity index (χ0) is 17.9. The number of piperidine rings is 1. The molecule has 0 spiro atoms. The number of halogens is 3. The molecule has 1 amide bonds. The van der Waals surface area contributed by atoms with Crippen molar-refractivity contribution in [3.8, 4) is 5.88 Å². The summed E-state index contributed by atoms with van der Waals surface area (Å²) in [5.74, 6) is -0.414. The van der Waals surface area contributed by atoms with Crippen LogP contribution >= 0.6 is 11.3 Å². The maximum atomic E-state index is 12.9. The van der Waals surface area contributed by atoms with Crippen molar-refractivity contribution >= 4 is 17.2 Å². The number of thiazole rings is 1. The zero-order valence-electron chi connectivity index (χ0n) is 13.2. The van der Waals surface area contributed by atoms with Gasteiger partial charge in [0.1, 0.15) is 11.3 Å². The van der Waals surface area contributed by atoms with Crippen LogP contribution in [0, 0.1) is 5.92 Å². The van der Waals surface area contributed by atoms with E-state index in [-0.39, 0.29) is 18.4 Å². The Bertz CT molecular complexity index is 714. The standard InChI is InChI=1S/C16H16F3N3O2S/c17-16(18,19)12-2-1-5-20-14(12)24-8-11-3-6-22(7-4-11)15(23)13-9-25-10-21-13/h1-2,5,9-11H,3-4,6-8H2. The molecule has 5 nitrogen and oxygen atoms in total. The van der Waals surface area contributed by atoms with Gasteiger partial charge in [-0.2, -0.15) is 13.2 Å². The largest absolute Gasteiger partial charge is 0.477 e. The van der Waals surface area contributed by atoms with E-state index < -0.39 is 17.6 Å². The summed E-state index contributed by atoms with van der Waals surface area (Å²) in [6.07, 6.45) is -1.87. The highest BCUT2D eigenvalue weighted by Crippen LogP contribution is 2.35. The normalized spacial score (nSPS) is 16.0. The Kier molecular flexibility index (Phi) is 5.22. The van der Waals surface area contributed by atoms with Gasteiger partial charge < -0.3 is 9.64 Å². The molecule has 0 aromatic carbocycles. The number of alkyl halides is 3. The van der Waals surface area contributed by atoms with Gasteiger partial charge in [-0.3, -0.25) is 4.79 Å². The minimum absolute atomic E-state index is 0.0857. The first kappa shape index (κ1) is 17.7. The van der Waals surface area contributed by atoms with E-state index in [1.165, 1.54) is 23.6 Å². The van der Waals surface area contributed by atoms with Crippen molar-refractivity contribution in [2.24, 2.45) is 5.92 Å². The number of amides is 1. The molecule has 9 heteroatoms. The van der Waals surface area contributed by atoms with Gasteiger partial charge in [-0.15, -0.1) is 11.3 Å². The molecule has 0 unspecified atom stereocenters. The van der Waals surface area contributed by atoms with Gasteiger partial charge in [0.2, 0.25) is 5.88 Å². The molecule has 2 aromatic rings. The summed E-state index contributed by atoms with van der Waals surface area (Å²) in [5, 5.41) is 1.71. The third kappa shape index (κ3) is 4.28. The Hall–Kier alpha value is -2.16. The summed E-state index contributed by atoms with van der Waals surface area (Å²) in [6, 6.07) is 2.19. The van der Waals surface area contributed by atoms with Crippen molar-refractivity contribution in [1.29, 1.82) is 0 Å². The number of aromatic nitrogens is 2. The van der Waals surface area contributed by atoms with Crippen LogP contribution in [0.3, 0.4) is 0 Å². The maximum Gasteiger partial charge on any atom is 0.421 e.